The van der Waals surface area contributed by atoms with E-state index in [0.29, 0.717) is 36.9 Å². The molecule has 1 fully saturated rings. The lowest BCUT2D eigenvalue weighted by molar-refractivity contribution is 0.162. The molecule has 0 radical (unpaired) electrons. The lowest BCUT2D eigenvalue weighted by Crippen LogP contribution is -2.41. The van der Waals surface area contributed by atoms with E-state index >= 15 is 0 Å². The summed E-state index contributed by atoms with van der Waals surface area (Å²) >= 11 is 0. The molecule has 1 aliphatic rings. The Bertz CT molecular complexity index is 1060. The van der Waals surface area contributed by atoms with Gasteiger partial charge in [0.1, 0.15) is 17.9 Å². The Kier molecular flexibility index (Phi) is 6.22. The maximum Gasteiger partial charge on any atom is 0.321 e. The minimum absolute atomic E-state index is 0.128. The van der Waals surface area contributed by atoms with Crippen molar-refractivity contribution < 1.29 is 19.0 Å². The second-order valence-corrected chi connectivity index (χ2v) is 7.40. The zero-order chi connectivity index (χ0) is 21.8. The Labute approximate surface area is 180 Å². The van der Waals surface area contributed by atoms with Gasteiger partial charge in [0.2, 0.25) is 0 Å². The second kappa shape index (κ2) is 9.22. The number of likely N-dealkylation sites (tertiary alicyclic amines) is 1. The molecular formula is C22H27N5O4. The van der Waals surface area contributed by atoms with Crippen molar-refractivity contribution >= 4 is 22.9 Å². The molecule has 2 amide bonds. The number of methoxy groups -OCH3 is 3. The first-order valence-electron chi connectivity index (χ1n) is 10.2. The van der Waals surface area contributed by atoms with Crippen LogP contribution in [-0.2, 0) is 11.3 Å². The van der Waals surface area contributed by atoms with Crippen LogP contribution in [0.1, 0.15) is 24.7 Å². The predicted octanol–water partition coefficient (Wildman–Crippen LogP) is 3.46. The maximum absolute atomic E-state index is 12.8. The standard InChI is InChI=1S/C22H27N5O4/c1-29-14-20-25-17-5-4-10-23-21(17)27(20)16-8-11-26(12-9-16)22(28)24-15-6-7-18(30-2)19(13-15)31-3/h4-7,10,13,16H,8-9,11-12,14H2,1-3H3,(H,24,28). The molecule has 0 saturated carbocycles. The third-order valence-electron chi connectivity index (χ3n) is 5.55. The number of piperidine rings is 1. The van der Waals surface area contributed by atoms with E-state index in [9.17, 15) is 4.79 Å². The van der Waals surface area contributed by atoms with Gasteiger partial charge in [-0.3, -0.25) is 0 Å². The number of anilines is 1. The predicted molar refractivity (Wildman–Crippen MR) is 117 cm³/mol. The van der Waals surface area contributed by atoms with Gasteiger partial charge in [-0.05, 0) is 37.1 Å². The fourth-order valence-electron chi connectivity index (χ4n) is 4.03. The number of fused-ring (bicyclic) bond motifs is 1. The lowest BCUT2D eigenvalue weighted by atomic mass is 10.0. The van der Waals surface area contributed by atoms with Crippen molar-refractivity contribution in [1.29, 1.82) is 0 Å². The molecule has 1 N–H and O–H groups in total. The molecule has 1 aliphatic heterocycles. The topological polar surface area (TPSA) is 90.7 Å². The van der Waals surface area contributed by atoms with Gasteiger partial charge in [0, 0.05) is 44.2 Å². The van der Waals surface area contributed by atoms with E-state index in [0.717, 1.165) is 29.8 Å². The van der Waals surface area contributed by atoms with Gasteiger partial charge in [-0.1, -0.05) is 0 Å². The van der Waals surface area contributed by atoms with Gasteiger partial charge >= 0.3 is 6.03 Å². The van der Waals surface area contributed by atoms with Gasteiger partial charge < -0.3 is 29.0 Å². The second-order valence-electron chi connectivity index (χ2n) is 7.40. The Morgan fingerprint density at radius 1 is 1.13 bits per heavy atom. The number of ether oxygens (including phenoxy) is 3. The normalized spacial score (nSPS) is 14.6. The molecule has 4 rings (SSSR count). The van der Waals surface area contributed by atoms with E-state index in [1.165, 1.54) is 0 Å². The summed E-state index contributed by atoms with van der Waals surface area (Å²) in [5.41, 5.74) is 2.39. The molecule has 0 atom stereocenters. The van der Waals surface area contributed by atoms with E-state index in [-0.39, 0.29) is 12.1 Å². The van der Waals surface area contributed by atoms with Gasteiger partial charge in [-0.15, -0.1) is 0 Å². The van der Waals surface area contributed by atoms with Crippen molar-refractivity contribution in [3.05, 3.63) is 42.4 Å². The molecule has 9 heteroatoms. The van der Waals surface area contributed by atoms with Gasteiger partial charge in [-0.2, -0.15) is 0 Å². The molecule has 0 spiro atoms. The number of amides is 2. The Hall–Kier alpha value is -3.33. The number of benzene rings is 1. The molecule has 1 aromatic carbocycles. The highest BCUT2D eigenvalue weighted by molar-refractivity contribution is 5.89. The molecule has 1 saturated heterocycles. The summed E-state index contributed by atoms with van der Waals surface area (Å²) in [6.45, 7) is 1.71. The minimum Gasteiger partial charge on any atom is -0.493 e. The number of pyridine rings is 1. The van der Waals surface area contributed by atoms with E-state index in [4.69, 9.17) is 14.2 Å². The molecule has 3 aromatic rings. The first-order valence-corrected chi connectivity index (χ1v) is 10.2. The number of rotatable bonds is 6. The fourth-order valence-corrected chi connectivity index (χ4v) is 4.03. The molecule has 9 nitrogen and oxygen atoms in total. The number of nitrogens with one attached hydrogen (secondary N) is 1. The summed E-state index contributed by atoms with van der Waals surface area (Å²) < 4.78 is 18.1. The van der Waals surface area contributed by atoms with Crippen molar-refractivity contribution in [2.24, 2.45) is 0 Å². The van der Waals surface area contributed by atoms with E-state index in [1.807, 2.05) is 17.0 Å². The van der Waals surface area contributed by atoms with Crippen molar-refractivity contribution in [2.45, 2.75) is 25.5 Å². The van der Waals surface area contributed by atoms with Crippen LogP contribution in [0.4, 0.5) is 10.5 Å². The van der Waals surface area contributed by atoms with E-state index in [2.05, 4.69) is 19.9 Å². The van der Waals surface area contributed by atoms with Crippen molar-refractivity contribution in [3.63, 3.8) is 0 Å². The SMILES string of the molecule is COCc1nc2cccnc2n1C1CCN(C(=O)Nc2ccc(OC)c(OC)c2)CC1. The first-order chi connectivity index (χ1) is 15.1. The highest BCUT2D eigenvalue weighted by Gasteiger charge is 2.27. The monoisotopic (exact) mass is 425 g/mol. The average Bonchev–Trinajstić information content (AvgIpc) is 3.17. The van der Waals surface area contributed by atoms with Crippen LogP contribution in [0.15, 0.2) is 36.5 Å². The molecule has 0 bridgehead atoms. The fraction of sp³-hybridized carbons (Fsp3) is 0.409. The number of urea groups is 1. The van der Waals surface area contributed by atoms with E-state index in [1.54, 1.807) is 45.7 Å². The highest BCUT2D eigenvalue weighted by Crippen LogP contribution is 2.31. The third kappa shape index (κ3) is 4.27. The Morgan fingerprint density at radius 2 is 1.90 bits per heavy atom. The highest BCUT2D eigenvalue weighted by atomic mass is 16.5. The minimum atomic E-state index is -0.128. The largest absolute Gasteiger partial charge is 0.493 e. The first kappa shape index (κ1) is 20.9. The van der Waals surface area contributed by atoms with Crippen LogP contribution in [0, 0.1) is 0 Å². The zero-order valence-electron chi connectivity index (χ0n) is 18.0. The smallest absolute Gasteiger partial charge is 0.321 e. The molecule has 0 aliphatic carbocycles. The molecule has 3 heterocycles. The Balaban J connectivity index is 1.44. The average molecular weight is 425 g/mol. The van der Waals surface area contributed by atoms with Crippen LogP contribution in [0.3, 0.4) is 0 Å². The van der Waals surface area contributed by atoms with Crippen molar-refractivity contribution in [3.8, 4) is 11.5 Å². The number of aromatic nitrogens is 3. The van der Waals surface area contributed by atoms with Gasteiger partial charge in [-0.25, -0.2) is 14.8 Å². The molecule has 0 unspecified atom stereocenters. The maximum atomic E-state index is 12.8. The van der Waals surface area contributed by atoms with Crippen LogP contribution < -0.4 is 14.8 Å². The third-order valence-corrected chi connectivity index (χ3v) is 5.55. The summed E-state index contributed by atoms with van der Waals surface area (Å²) in [4.78, 5) is 23.8. The summed E-state index contributed by atoms with van der Waals surface area (Å²) in [7, 11) is 4.82. The summed E-state index contributed by atoms with van der Waals surface area (Å²) in [5, 5.41) is 2.95. The summed E-state index contributed by atoms with van der Waals surface area (Å²) in [6.07, 6.45) is 3.42. The quantitative estimate of drug-likeness (QED) is 0.650. The van der Waals surface area contributed by atoms with Gasteiger partial charge in [0.05, 0.1) is 14.2 Å². The molecule has 164 valence electrons. The summed E-state index contributed by atoms with van der Waals surface area (Å²) in [5.74, 6) is 2.06. The number of imidazole rings is 1. The van der Waals surface area contributed by atoms with Crippen LogP contribution in [0.2, 0.25) is 0 Å². The van der Waals surface area contributed by atoms with Crippen molar-refractivity contribution in [2.75, 3.05) is 39.7 Å². The number of hydrogen-bond donors (Lipinski definition) is 1. The molecule has 2 aromatic heterocycles. The van der Waals surface area contributed by atoms with Gasteiger partial charge in [0.25, 0.3) is 0 Å². The van der Waals surface area contributed by atoms with Crippen LogP contribution in [-0.4, -0.2) is 59.9 Å². The number of nitrogens with zero attached hydrogens (tertiary/aromatic N) is 4. The van der Waals surface area contributed by atoms with Crippen LogP contribution in [0.25, 0.3) is 11.2 Å². The molecule has 31 heavy (non-hydrogen) atoms. The molecular weight excluding hydrogens is 398 g/mol. The lowest BCUT2D eigenvalue weighted by Gasteiger charge is -2.33. The van der Waals surface area contributed by atoms with Gasteiger partial charge in [0.15, 0.2) is 17.1 Å². The van der Waals surface area contributed by atoms with E-state index < -0.39 is 0 Å². The zero-order valence-corrected chi connectivity index (χ0v) is 18.0. The Morgan fingerprint density at radius 3 is 2.61 bits per heavy atom. The van der Waals surface area contributed by atoms with Crippen LogP contribution in [0.5, 0.6) is 11.5 Å². The number of carbonyl (C=O) groups is 1. The number of hydrogen-bond acceptors (Lipinski definition) is 6. The summed E-state index contributed by atoms with van der Waals surface area (Å²) in [6, 6.07) is 9.26. The number of carbonyl (C=O) groups excluding carboxylic acids is 1. The van der Waals surface area contributed by atoms with Crippen LogP contribution >= 0.6 is 0 Å². The van der Waals surface area contributed by atoms with Crippen molar-refractivity contribution in [1.82, 2.24) is 19.4 Å².